The van der Waals surface area contributed by atoms with Gasteiger partial charge in [0.1, 0.15) is 11.6 Å². The zero-order valence-electron chi connectivity index (χ0n) is 19.3. The van der Waals surface area contributed by atoms with Gasteiger partial charge in [-0.05, 0) is 44.0 Å². The number of nitrogens with one attached hydrogen (secondary N) is 1. The van der Waals surface area contributed by atoms with E-state index in [0.717, 1.165) is 15.9 Å². The van der Waals surface area contributed by atoms with Gasteiger partial charge >= 0.3 is 0 Å². The Morgan fingerprint density at radius 2 is 1.97 bits per heavy atom. The number of nitrogens with zero attached hydrogens (tertiary/aromatic N) is 4. The van der Waals surface area contributed by atoms with Crippen molar-refractivity contribution >= 4 is 43.3 Å². The number of aryl methyl sites for hydroxylation is 1. The number of rotatable bonds is 6. The van der Waals surface area contributed by atoms with Crippen molar-refractivity contribution in [2.45, 2.75) is 24.7 Å². The topological polar surface area (TPSA) is 106 Å². The molecule has 11 heteroatoms. The minimum Gasteiger partial charge on any atom is -0.497 e. The van der Waals surface area contributed by atoms with Gasteiger partial charge in [-0.3, -0.25) is 4.79 Å². The number of sulfonamides is 1. The lowest BCUT2D eigenvalue weighted by Gasteiger charge is -2.31. The highest BCUT2D eigenvalue weighted by Crippen LogP contribution is 2.30. The molecule has 9 nitrogen and oxygen atoms in total. The summed E-state index contributed by atoms with van der Waals surface area (Å²) in [6, 6.07) is 15.8. The van der Waals surface area contributed by atoms with Gasteiger partial charge in [0.15, 0.2) is 0 Å². The molecule has 0 bridgehead atoms. The van der Waals surface area contributed by atoms with Crippen molar-refractivity contribution in [3.8, 4) is 10.9 Å². The third kappa shape index (κ3) is 4.66. The Labute approximate surface area is 207 Å². The van der Waals surface area contributed by atoms with E-state index < -0.39 is 15.9 Å². The average Bonchev–Trinajstić information content (AvgIpc) is 3.46. The molecule has 0 radical (unpaired) electrons. The van der Waals surface area contributed by atoms with Gasteiger partial charge in [-0.1, -0.05) is 29.5 Å². The number of carbonyl (C=O) groups is 1. The van der Waals surface area contributed by atoms with E-state index in [-0.39, 0.29) is 17.3 Å². The summed E-state index contributed by atoms with van der Waals surface area (Å²) in [4.78, 5) is 18.1. The van der Waals surface area contributed by atoms with Gasteiger partial charge in [-0.2, -0.15) is 14.1 Å². The maximum atomic E-state index is 13.2. The normalized spacial score (nSPS) is 16.9. The number of piperidine rings is 1. The molecule has 0 spiro atoms. The number of anilines is 1. The Kier molecular flexibility index (Phi) is 6.30. The highest BCUT2D eigenvalue weighted by atomic mass is 32.2. The summed E-state index contributed by atoms with van der Waals surface area (Å²) < 4.78 is 35.4. The SMILES string of the molecule is COc1ccc2sc(-n3nc(C)cc3NC(=O)C3CCCN(S(=O)(=O)c4ccccc4)C3)nc2c1. The quantitative estimate of drug-likeness (QED) is 0.422. The molecule has 1 N–H and O–H groups in total. The summed E-state index contributed by atoms with van der Waals surface area (Å²) in [7, 11) is -2.04. The molecule has 4 aromatic rings. The molecule has 0 saturated carbocycles. The van der Waals surface area contributed by atoms with Gasteiger partial charge in [0.05, 0.1) is 33.8 Å². The largest absolute Gasteiger partial charge is 0.497 e. The number of hydrogen-bond donors (Lipinski definition) is 1. The number of hydrogen-bond acceptors (Lipinski definition) is 7. The second kappa shape index (κ2) is 9.40. The molecule has 1 fully saturated rings. The highest BCUT2D eigenvalue weighted by molar-refractivity contribution is 7.89. The molecule has 182 valence electrons. The summed E-state index contributed by atoms with van der Waals surface area (Å²) in [6.45, 7) is 2.38. The zero-order chi connectivity index (χ0) is 24.6. The first-order chi connectivity index (χ1) is 16.8. The fourth-order valence-electron chi connectivity index (χ4n) is 4.19. The van der Waals surface area contributed by atoms with Crippen molar-refractivity contribution in [2.75, 3.05) is 25.5 Å². The second-order valence-electron chi connectivity index (χ2n) is 8.42. The monoisotopic (exact) mass is 511 g/mol. The molecule has 2 aromatic carbocycles. The van der Waals surface area contributed by atoms with Gasteiger partial charge < -0.3 is 10.1 Å². The van der Waals surface area contributed by atoms with Gasteiger partial charge in [0, 0.05) is 25.2 Å². The summed E-state index contributed by atoms with van der Waals surface area (Å²) in [6.07, 6.45) is 1.23. The number of methoxy groups -OCH3 is 1. The van der Waals surface area contributed by atoms with E-state index in [9.17, 15) is 13.2 Å². The molecule has 2 aromatic heterocycles. The maximum absolute atomic E-state index is 13.2. The number of aromatic nitrogens is 3. The van der Waals surface area contributed by atoms with E-state index in [4.69, 9.17) is 4.74 Å². The number of ether oxygens (including phenoxy) is 1. The minimum atomic E-state index is -3.65. The van der Waals surface area contributed by atoms with Crippen LogP contribution in [0.3, 0.4) is 0 Å². The molecule has 3 heterocycles. The molecule has 5 rings (SSSR count). The molecule has 35 heavy (non-hydrogen) atoms. The standard InChI is InChI=1S/C24H25N5O4S2/c1-16-13-22(29(27-16)24-25-20-14-18(33-2)10-11-21(20)34-24)26-23(30)17-7-6-12-28(15-17)35(31,32)19-8-4-3-5-9-19/h3-5,8-11,13-14,17H,6-7,12,15H2,1-2H3,(H,26,30). The van der Waals surface area contributed by atoms with Gasteiger partial charge in [-0.15, -0.1) is 0 Å². The predicted octanol–water partition coefficient (Wildman–Crippen LogP) is 3.84. The fraction of sp³-hybridized carbons (Fsp3) is 0.292. The summed E-state index contributed by atoms with van der Waals surface area (Å²) in [5, 5.41) is 8.10. The van der Waals surface area contributed by atoms with Crippen molar-refractivity contribution in [2.24, 2.45) is 5.92 Å². The van der Waals surface area contributed by atoms with E-state index in [1.165, 1.54) is 15.6 Å². The number of carbonyl (C=O) groups excluding carboxylic acids is 1. The van der Waals surface area contributed by atoms with Crippen LogP contribution in [-0.2, 0) is 14.8 Å². The van der Waals surface area contributed by atoms with Gasteiger partial charge in [0.2, 0.25) is 21.1 Å². The Hall–Kier alpha value is -3.28. The predicted molar refractivity (Wildman–Crippen MR) is 135 cm³/mol. The first kappa shape index (κ1) is 23.5. The molecule has 1 aliphatic rings. The van der Waals surface area contributed by atoms with E-state index in [0.29, 0.717) is 36.1 Å². The minimum absolute atomic E-state index is 0.136. The molecular weight excluding hydrogens is 486 g/mol. The zero-order valence-corrected chi connectivity index (χ0v) is 21.0. The lowest BCUT2D eigenvalue weighted by Crippen LogP contribution is -2.43. The van der Waals surface area contributed by atoms with Crippen LogP contribution in [0.25, 0.3) is 15.3 Å². The van der Waals surface area contributed by atoms with Crippen molar-refractivity contribution in [1.82, 2.24) is 19.1 Å². The molecular formula is C24H25N5O4S2. The summed E-state index contributed by atoms with van der Waals surface area (Å²) in [5.74, 6) is 0.515. The molecule has 1 amide bonds. The van der Waals surface area contributed by atoms with Crippen molar-refractivity contribution < 1.29 is 17.9 Å². The Balaban J connectivity index is 1.36. The van der Waals surface area contributed by atoms with Crippen LogP contribution < -0.4 is 10.1 Å². The Morgan fingerprint density at radius 1 is 1.17 bits per heavy atom. The van der Waals surface area contributed by atoms with Crippen LogP contribution in [0.2, 0.25) is 0 Å². The second-order valence-corrected chi connectivity index (χ2v) is 11.4. The first-order valence-corrected chi connectivity index (χ1v) is 13.5. The van der Waals surface area contributed by atoms with Gasteiger partial charge in [-0.25, -0.2) is 13.4 Å². The smallest absolute Gasteiger partial charge is 0.243 e. The summed E-state index contributed by atoms with van der Waals surface area (Å²) in [5.41, 5.74) is 1.51. The fourth-order valence-corrected chi connectivity index (χ4v) is 6.65. The van der Waals surface area contributed by atoms with E-state index in [2.05, 4.69) is 15.4 Å². The Morgan fingerprint density at radius 3 is 2.74 bits per heavy atom. The van der Waals surface area contributed by atoms with E-state index in [1.54, 1.807) is 48.2 Å². The van der Waals surface area contributed by atoms with Gasteiger partial charge in [0.25, 0.3) is 0 Å². The van der Waals surface area contributed by atoms with Crippen LogP contribution in [0.4, 0.5) is 5.82 Å². The van der Waals surface area contributed by atoms with E-state index >= 15 is 0 Å². The van der Waals surface area contributed by atoms with Crippen molar-refractivity contribution in [3.05, 3.63) is 60.3 Å². The van der Waals surface area contributed by atoms with Crippen LogP contribution >= 0.6 is 11.3 Å². The van der Waals surface area contributed by atoms with Crippen LogP contribution in [0.5, 0.6) is 5.75 Å². The lowest BCUT2D eigenvalue weighted by atomic mass is 9.99. The lowest BCUT2D eigenvalue weighted by molar-refractivity contribution is -0.120. The molecule has 1 aliphatic heterocycles. The van der Waals surface area contributed by atoms with Crippen molar-refractivity contribution in [3.63, 3.8) is 0 Å². The van der Waals surface area contributed by atoms with Crippen LogP contribution in [0.15, 0.2) is 59.5 Å². The molecule has 1 atom stereocenters. The van der Waals surface area contributed by atoms with Crippen LogP contribution in [0.1, 0.15) is 18.5 Å². The Bertz CT molecular complexity index is 1480. The highest BCUT2D eigenvalue weighted by Gasteiger charge is 2.33. The number of thiazole rings is 1. The number of fused-ring (bicyclic) bond motifs is 1. The first-order valence-electron chi connectivity index (χ1n) is 11.2. The average molecular weight is 512 g/mol. The maximum Gasteiger partial charge on any atom is 0.243 e. The third-order valence-electron chi connectivity index (χ3n) is 5.98. The molecule has 0 aliphatic carbocycles. The van der Waals surface area contributed by atoms with Crippen molar-refractivity contribution in [1.29, 1.82) is 0 Å². The third-order valence-corrected chi connectivity index (χ3v) is 8.87. The number of benzene rings is 2. The van der Waals surface area contributed by atoms with Crippen LogP contribution in [-0.4, -0.2) is 53.6 Å². The van der Waals surface area contributed by atoms with Crippen LogP contribution in [0, 0.1) is 12.8 Å². The molecule has 1 unspecified atom stereocenters. The summed E-state index contributed by atoms with van der Waals surface area (Å²) >= 11 is 1.46. The molecule has 1 saturated heterocycles. The van der Waals surface area contributed by atoms with E-state index in [1.807, 2.05) is 25.1 Å². The number of amides is 1.